The minimum atomic E-state index is -0.453. The van der Waals surface area contributed by atoms with Gasteiger partial charge in [0, 0.05) is 39.3 Å². The summed E-state index contributed by atoms with van der Waals surface area (Å²) in [7, 11) is 0. The van der Waals surface area contributed by atoms with E-state index in [1.165, 1.54) is 4.80 Å². The van der Waals surface area contributed by atoms with E-state index < -0.39 is 11.8 Å². The van der Waals surface area contributed by atoms with Crippen molar-refractivity contribution in [3.63, 3.8) is 0 Å². The van der Waals surface area contributed by atoms with Gasteiger partial charge in [-0.1, -0.05) is 42.5 Å². The van der Waals surface area contributed by atoms with Gasteiger partial charge in [0.15, 0.2) is 5.78 Å². The van der Waals surface area contributed by atoms with Crippen LogP contribution < -0.4 is 10.9 Å². The van der Waals surface area contributed by atoms with Crippen LogP contribution in [0.2, 0.25) is 0 Å². The van der Waals surface area contributed by atoms with Crippen LogP contribution in [0, 0.1) is 13.8 Å². The zero-order valence-corrected chi connectivity index (χ0v) is 20.1. The molecule has 0 radical (unpaired) electrons. The second-order valence-electron chi connectivity index (χ2n) is 7.96. The van der Waals surface area contributed by atoms with E-state index in [2.05, 4.69) is 26.3 Å². The number of benzene rings is 2. The molecule has 0 aliphatic heterocycles. The standard InChI is InChI=1S/C25H24N6O3S/c1-16-14-21(17(2)35-16)22(32)12-13-23(33)26-28-25(34)20-10-8-18(9-11-20)15-31-29-24(27-30-31)19-6-4-3-5-7-19/h3-11,14H,12-13,15H2,1-2H3,(H,26,33)(H,28,34). The summed E-state index contributed by atoms with van der Waals surface area (Å²) >= 11 is 1.56. The number of ketones is 1. The summed E-state index contributed by atoms with van der Waals surface area (Å²) in [6.07, 6.45) is 0.0674. The smallest absolute Gasteiger partial charge is 0.269 e. The molecular formula is C25H24N6O3S. The molecular weight excluding hydrogens is 464 g/mol. The Morgan fingerprint density at radius 1 is 0.943 bits per heavy atom. The first-order chi connectivity index (χ1) is 16.9. The lowest BCUT2D eigenvalue weighted by Gasteiger charge is -2.08. The van der Waals surface area contributed by atoms with Crippen LogP contribution in [0.1, 0.15) is 48.9 Å². The van der Waals surface area contributed by atoms with Crippen LogP contribution in [-0.2, 0) is 11.3 Å². The second-order valence-corrected chi connectivity index (χ2v) is 9.42. The number of nitrogens with one attached hydrogen (secondary N) is 2. The van der Waals surface area contributed by atoms with Gasteiger partial charge in [-0.05, 0) is 42.8 Å². The first kappa shape index (κ1) is 24.0. The number of aromatic nitrogens is 4. The van der Waals surface area contributed by atoms with E-state index in [4.69, 9.17) is 0 Å². The number of hydrogen-bond donors (Lipinski definition) is 2. The third kappa shape index (κ3) is 6.24. The maximum Gasteiger partial charge on any atom is 0.269 e. The molecule has 0 atom stereocenters. The summed E-state index contributed by atoms with van der Waals surface area (Å²) in [6, 6.07) is 18.3. The zero-order valence-electron chi connectivity index (χ0n) is 19.3. The third-order valence-corrected chi connectivity index (χ3v) is 6.23. The van der Waals surface area contributed by atoms with Crippen molar-refractivity contribution in [2.24, 2.45) is 0 Å². The number of hydrogen-bond acceptors (Lipinski definition) is 7. The van der Waals surface area contributed by atoms with E-state index in [9.17, 15) is 14.4 Å². The van der Waals surface area contributed by atoms with E-state index in [-0.39, 0.29) is 18.6 Å². The molecule has 4 rings (SSSR count). The number of hydrazine groups is 1. The van der Waals surface area contributed by atoms with Crippen LogP contribution in [0.4, 0.5) is 0 Å². The number of thiophene rings is 1. The quantitative estimate of drug-likeness (QED) is 0.289. The SMILES string of the molecule is Cc1cc(C(=O)CCC(=O)NNC(=O)c2ccc(Cn3nnc(-c4ccccc4)n3)cc2)c(C)s1. The number of rotatable bonds is 8. The van der Waals surface area contributed by atoms with E-state index in [0.717, 1.165) is 20.9 Å². The Kier molecular flexibility index (Phi) is 7.41. The number of tetrazole rings is 1. The average Bonchev–Trinajstić information content (AvgIpc) is 3.47. The predicted octanol–water partition coefficient (Wildman–Crippen LogP) is 3.49. The maximum atomic E-state index is 12.4. The van der Waals surface area contributed by atoms with E-state index in [1.807, 2.05) is 50.2 Å². The predicted molar refractivity (Wildman–Crippen MR) is 132 cm³/mol. The van der Waals surface area contributed by atoms with Gasteiger partial charge in [-0.15, -0.1) is 21.5 Å². The van der Waals surface area contributed by atoms with Crippen molar-refractivity contribution in [1.82, 2.24) is 31.1 Å². The molecule has 0 saturated heterocycles. The lowest BCUT2D eigenvalue weighted by molar-refractivity contribution is -0.121. The number of amides is 2. The fraction of sp³-hybridized carbons (Fsp3) is 0.200. The fourth-order valence-electron chi connectivity index (χ4n) is 3.47. The number of aryl methyl sites for hydroxylation is 2. The van der Waals surface area contributed by atoms with Gasteiger partial charge in [-0.25, -0.2) is 0 Å². The third-order valence-electron chi connectivity index (χ3n) is 5.26. The molecule has 2 amide bonds. The molecule has 0 fully saturated rings. The number of nitrogens with zero attached hydrogens (tertiary/aromatic N) is 4. The highest BCUT2D eigenvalue weighted by atomic mass is 32.1. The Morgan fingerprint density at radius 3 is 2.37 bits per heavy atom. The lowest BCUT2D eigenvalue weighted by atomic mass is 10.1. The zero-order chi connectivity index (χ0) is 24.8. The molecule has 10 heteroatoms. The van der Waals surface area contributed by atoms with E-state index in [0.29, 0.717) is 23.5 Å². The van der Waals surface area contributed by atoms with Crippen molar-refractivity contribution < 1.29 is 14.4 Å². The molecule has 0 unspecified atom stereocenters. The van der Waals surface area contributed by atoms with Crippen molar-refractivity contribution in [2.75, 3.05) is 0 Å². The highest BCUT2D eigenvalue weighted by Crippen LogP contribution is 2.22. The van der Waals surface area contributed by atoms with E-state index in [1.54, 1.807) is 35.6 Å². The Hall–Kier alpha value is -4.18. The normalized spacial score (nSPS) is 10.7. The molecule has 0 aliphatic carbocycles. The molecule has 0 spiro atoms. The molecule has 2 aromatic carbocycles. The summed E-state index contributed by atoms with van der Waals surface area (Å²) in [5, 5.41) is 12.5. The van der Waals surface area contributed by atoms with Gasteiger partial charge in [0.25, 0.3) is 5.91 Å². The average molecular weight is 489 g/mol. The van der Waals surface area contributed by atoms with Gasteiger partial charge in [-0.2, -0.15) is 4.80 Å². The highest BCUT2D eigenvalue weighted by molar-refractivity contribution is 7.12. The van der Waals surface area contributed by atoms with Crippen LogP contribution >= 0.6 is 11.3 Å². The molecule has 35 heavy (non-hydrogen) atoms. The topological polar surface area (TPSA) is 119 Å². The summed E-state index contributed by atoms with van der Waals surface area (Å²) in [6.45, 7) is 4.23. The molecule has 178 valence electrons. The van der Waals surface area contributed by atoms with Gasteiger partial charge in [0.1, 0.15) is 0 Å². The molecule has 4 aromatic rings. The molecule has 9 nitrogen and oxygen atoms in total. The van der Waals surface area contributed by atoms with Crippen LogP contribution in [-0.4, -0.2) is 37.8 Å². The summed E-state index contributed by atoms with van der Waals surface area (Å²) < 4.78 is 0. The monoisotopic (exact) mass is 488 g/mol. The molecule has 2 N–H and O–H groups in total. The van der Waals surface area contributed by atoms with Crippen LogP contribution in [0.5, 0.6) is 0 Å². The highest BCUT2D eigenvalue weighted by Gasteiger charge is 2.14. The fourth-order valence-corrected chi connectivity index (χ4v) is 4.41. The first-order valence-electron chi connectivity index (χ1n) is 11.0. The molecule has 0 aliphatic rings. The van der Waals surface area contributed by atoms with Gasteiger partial charge in [-0.3, -0.25) is 25.2 Å². The first-order valence-corrected chi connectivity index (χ1v) is 11.8. The molecule has 2 aromatic heterocycles. The van der Waals surface area contributed by atoms with Crippen molar-refractivity contribution in [3.8, 4) is 11.4 Å². The Labute approximate surface area is 206 Å². The Morgan fingerprint density at radius 2 is 1.69 bits per heavy atom. The molecule has 2 heterocycles. The minimum Gasteiger partial charge on any atom is -0.294 e. The van der Waals surface area contributed by atoms with Crippen LogP contribution in [0.3, 0.4) is 0 Å². The minimum absolute atomic E-state index is 0.0116. The maximum absolute atomic E-state index is 12.4. The summed E-state index contributed by atoms with van der Waals surface area (Å²) in [5.74, 6) is -0.425. The van der Waals surface area contributed by atoms with Gasteiger partial charge in [0.05, 0.1) is 6.54 Å². The molecule has 0 bridgehead atoms. The van der Waals surface area contributed by atoms with Crippen molar-refractivity contribution in [3.05, 3.63) is 87.1 Å². The van der Waals surface area contributed by atoms with Crippen LogP contribution in [0.15, 0.2) is 60.7 Å². The Bertz CT molecular complexity index is 1350. The van der Waals surface area contributed by atoms with E-state index >= 15 is 0 Å². The van der Waals surface area contributed by atoms with Gasteiger partial charge in [0.2, 0.25) is 11.7 Å². The van der Waals surface area contributed by atoms with Crippen molar-refractivity contribution >= 4 is 28.9 Å². The lowest BCUT2D eigenvalue weighted by Crippen LogP contribution is -2.41. The Balaban J connectivity index is 1.24. The van der Waals surface area contributed by atoms with Crippen molar-refractivity contribution in [1.29, 1.82) is 0 Å². The summed E-state index contributed by atoms with van der Waals surface area (Å²) in [5.41, 5.74) is 7.55. The number of Topliss-reactive ketones (excluding diaryl/α,β-unsaturated/α-hetero) is 1. The largest absolute Gasteiger partial charge is 0.294 e. The second kappa shape index (κ2) is 10.8. The van der Waals surface area contributed by atoms with Gasteiger partial charge < -0.3 is 0 Å². The number of carbonyl (C=O) groups excluding carboxylic acids is 3. The van der Waals surface area contributed by atoms with Crippen LogP contribution in [0.25, 0.3) is 11.4 Å². The summed E-state index contributed by atoms with van der Waals surface area (Å²) in [4.78, 5) is 40.2. The van der Waals surface area contributed by atoms with Crippen molar-refractivity contribution in [2.45, 2.75) is 33.2 Å². The molecule has 0 saturated carbocycles. The van der Waals surface area contributed by atoms with Gasteiger partial charge >= 0.3 is 0 Å². The number of carbonyl (C=O) groups is 3.